The lowest BCUT2D eigenvalue weighted by molar-refractivity contribution is -0.136. The molecule has 0 aliphatic heterocycles. The molecule has 0 aliphatic carbocycles. The quantitative estimate of drug-likeness (QED) is 0.901. The highest BCUT2D eigenvalue weighted by molar-refractivity contribution is 9.10. The molecule has 1 aromatic heterocycles. The maximum absolute atomic E-state index is 12.1. The molecule has 0 spiro atoms. The van der Waals surface area contributed by atoms with E-state index in [0.717, 1.165) is 4.47 Å². The number of hydrogen-bond donors (Lipinski definition) is 2. The lowest BCUT2D eigenvalue weighted by atomic mass is 10.1. The third-order valence-corrected chi connectivity index (χ3v) is 3.18. The van der Waals surface area contributed by atoms with E-state index in [2.05, 4.69) is 21.2 Å². The third-order valence-electron chi connectivity index (χ3n) is 2.74. The van der Waals surface area contributed by atoms with Gasteiger partial charge in [-0.05, 0) is 39.7 Å². The van der Waals surface area contributed by atoms with E-state index in [1.54, 1.807) is 48.1 Å². The minimum atomic E-state index is -0.903. The molecule has 0 fully saturated rings. The van der Waals surface area contributed by atoms with Gasteiger partial charge in [0.2, 0.25) is 0 Å². The number of anilines is 1. The normalized spacial score (nSPS) is 10.3. The van der Waals surface area contributed by atoms with Crippen molar-refractivity contribution in [2.45, 2.75) is 6.42 Å². The first kappa shape index (κ1) is 14.3. The summed E-state index contributed by atoms with van der Waals surface area (Å²) in [6.45, 7) is 0. The molecule has 0 aliphatic rings. The second kappa shape index (κ2) is 5.92. The van der Waals surface area contributed by atoms with Crippen molar-refractivity contribution in [3.05, 3.63) is 52.3 Å². The number of rotatable bonds is 4. The lowest BCUT2D eigenvalue weighted by Gasteiger charge is -2.07. The van der Waals surface area contributed by atoms with Gasteiger partial charge in [0, 0.05) is 23.4 Å². The molecule has 2 aromatic rings. The van der Waals surface area contributed by atoms with Gasteiger partial charge in [0.1, 0.15) is 5.69 Å². The highest BCUT2D eigenvalue weighted by atomic mass is 79.9. The summed E-state index contributed by atoms with van der Waals surface area (Å²) in [5.74, 6) is -1.15. The van der Waals surface area contributed by atoms with E-state index >= 15 is 0 Å². The Labute approximate surface area is 124 Å². The van der Waals surface area contributed by atoms with Gasteiger partial charge in [0.15, 0.2) is 0 Å². The van der Waals surface area contributed by atoms with Crippen LogP contribution in [0.15, 0.2) is 41.0 Å². The second-order valence-corrected chi connectivity index (χ2v) is 5.30. The topological polar surface area (TPSA) is 71.3 Å². The molecule has 2 rings (SSSR count). The molecule has 5 nitrogen and oxygen atoms in total. The van der Waals surface area contributed by atoms with Crippen molar-refractivity contribution in [1.29, 1.82) is 0 Å². The van der Waals surface area contributed by atoms with Crippen molar-refractivity contribution in [3.63, 3.8) is 0 Å². The van der Waals surface area contributed by atoms with Gasteiger partial charge in [-0.1, -0.05) is 12.1 Å². The van der Waals surface area contributed by atoms with Crippen molar-refractivity contribution >= 4 is 33.5 Å². The summed E-state index contributed by atoms with van der Waals surface area (Å²) >= 11 is 3.31. The Balaban J connectivity index is 2.15. The number of aryl methyl sites for hydroxylation is 1. The average Bonchev–Trinajstić information content (AvgIpc) is 2.68. The second-order valence-electron chi connectivity index (χ2n) is 4.38. The lowest BCUT2D eigenvalue weighted by Crippen LogP contribution is -2.15. The first-order valence-electron chi connectivity index (χ1n) is 5.89. The number of aromatic nitrogens is 1. The van der Waals surface area contributed by atoms with Gasteiger partial charge < -0.3 is 15.0 Å². The average molecular weight is 337 g/mol. The number of carbonyl (C=O) groups excluding carboxylic acids is 1. The summed E-state index contributed by atoms with van der Waals surface area (Å²) in [6.07, 6.45) is 1.72. The number of benzene rings is 1. The van der Waals surface area contributed by atoms with Crippen LogP contribution in [0.3, 0.4) is 0 Å². The number of carboxylic acids is 1. The molecule has 0 unspecified atom stereocenters. The predicted octanol–water partition coefficient (Wildman–Crippen LogP) is 2.67. The number of nitrogens with zero attached hydrogens (tertiary/aromatic N) is 1. The van der Waals surface area contributed by atoms with Gasteiger partial charge in [-0.3, -0.25) is 9.59 Å². The fourth-order valence-electron chi connectivity index (χ4n) is 1.88. The summed E-state index contributed by atoms with van der Waals surface area (Å²) < 4.78 is 2.53. The van der Waals surface area contributed by atoms with E-state index in [-0.39, 0.29) is 12.3 Å². The minimum Gasteiger partial charge on any atom is -0.481 e. The van der Waals surface area contributed by atoms with Gasteiger partial charge in [0.25, 0.3) is 5.91 Å². The largest absolute Gasteiger partial charge is 0.481 e. The van der Waals surface area contributed by atoms with E-state index in [1.165, 1.54) is 0 Å². The molecule has 2 N–H and O–H groups in total. The van der Waals surface area contributed by atoms with Crippen LogP contribution in [0.5, 0.6) is 0 Å². The van der Waals surface area contributed by atoms with Crippen LogP contribution in [0.2, 0.25) is 0 Å². The van der Waals surface area contributed by atoms with Crippen LogP contribution < -0.4 is 5.32 Å². The fraction of sp³-hybridized carbons (Fsp3) is 0.143. The Morgan fingerprint density at radius 1 is 1.35 bits per heavy atom. The Hall–Kier alpha value is -2.08. The number of halogens is 1. The number of carboxylic acid groups (broad SMARTS) is 1. The molecule has 1 heterocycles. The monoisotopic (exact) mass is 336 g/mol. The molecular weight excluding hydrogens is 324 g/mol. The molecule has 104 valence electrons. The SMILES string of the molecule is Cn1cc(Br)cc1C(=O)Nc1cccc(CC(=O)O)c1. The van der Waals surface area contributed by atoms with Crippen molar-refractivity contribution in [2.75, 3.05) is 5.32 Å². The Bertz CT molecular complexity index is 664. The van der Waals surface area contributed by atoms with Crippen molar-refractivity contribution in [1.82, 2.24) is 4.57 Å². The predicted molar refractivity (Wildman–Crippen MR) is 78.8 cm³/mol. The summed E-state index contributed by atoms with van der Waals surface area (Å²) in [5.41, 5.74) is 1.73. The Morgan fingerprint density at radius 2 is 2.10 bits per heavy atom. The molecule has 1 amide bonds. The zero-order valence-corrected chi connectivity index (χ0v) is 12.3. The summed E-state index contributed by atoms with van der Waals surface area (Å²) in [5, 5.41) is 11.5. The Kier molecular flexibility index (Phi) is 4.24. The molecule has 0 saturated carbocycles. The van der Waals surface area contributed by atoms with Crippen LogP contribution in [0.25, 0.3) is 0 Å². The number of aliphatic carboxylic acids is 1. The summed E-state index contributed by atoms with van der Waals surface area (Å²) in [4.78, 5) is 22.8. The van der Waals surface area contributed by atoms with Crippen LogP contribution in [-0.2, 0) is 18.3 Å². The maximum Gasteiger partial charge on any atom is 0.307 e. The van der Waals surface area contributed by atoms with Gasteiger partial charge in [-0.25, -0.2) is 0 Å². The molecule has 0 saturated heterocycles. The van der Waals surface area contributed by atoms with E-state index in [0.29, 0.717) is 16.9 Å². The van der Waals surface area contributed by atoms with Crippen molar-refractivity contribution < 1.29 is 14.7 Å². The number of hydrogen-bond acceptors (Lipinski definition) is 2. The third kappa shape index (κ3) is 3.48. The number of nitrogens with one attached hydrogen (secondary N) is 1. The van der Waals surface area contributed by atoms with Crippen molar-refractivity contribution in [3.8, 4) is 0 Å². The standard InChI is InChI=1S/C14H13BrN2O3/c1-17-8-10(15)7-12(17)14(20)16-11-4-2-3-9(5-11)6-13(18)19/h2-5,7-8H,6H2,1H3,(H,16,20)(H,18,19). The van der Waals surface area contributed by atoms with Crippen LogP contribution in [0.1, 0.15) is 16.1 Å². The van der Waals surface area contributed by atoms with Crippen LogP contribution in [0, 0.1) is 0 Å². The van der Waals surface area contributed by atoms with Crippen molar-refractivity contribution in [2.24, 2.45) is 7.05 Å². The van der Waals surface area contributed by atoms with Gasteiger partial charge in [0.05, 0.1) is 6.42 Å². The highest BCUT2D eigenvalue weighted by Crippen LogP contribution is 2.16. The molecular formula is C14H13BrN2O3. The van der Waals surface area contributed by atoms with E-state index in [1.807, 2.05) is 0 Å². The molecule has 0 radical (unpaired) electrons. The molecule has 6 heteroatoms. The minimum absolute atomic E-state index is 0.0700. The van der Waals surface area contributed by atoms with E-state index in [4.69, 9.17) is 5.11 Å². The first-order chi connectivity index (χ1) is 9.45. The van der Waals surface area contributed by atoms with Gasteiger partial charge >= 0.3 is 5.97 Å². The number of carbonyl (C=O) groups is 2. The maximum atomic E-state index is 12.1. The molecule has 0 atom stereocenters. The van der Waals surface area contributed by atoms with Gasteiger partial charge in [-0.2, -0.15) is 0 Å². The highest BCUT2D eigenvalue weighted by Gasteiger charge is 2.11. The molecule has 1 aromatic carbocycles. The fourth-order valence-corrected chi connectivity index (χ4v) is 2.40. The molecule has 20 heavy (non-hydrogen) atoms. The zero-order chi connectivity index (χ0) is 14.7. The Morgan fingerprint density at radius 3 is 2.70 bits per heavy atom. The van der Waals surface area contributed by atoms with Crippen LogP contribution in [0.4, 0.5) is 5.69 Å². The van der Waals surface area contributed by atoms with E-state index < -0.39 is 5.97 Å². The number of amides is 1. The smallest absolute Gasteiger partial charge is 0.307 e. The van der Waals surface area contributed by atoms with Crippen LogP contribution >= 0.6 is 15.9 Å². The summed E-state index contributed by atoms with van der Waals surface area (Å²) in [6, 6.07) is 8.53. The van der Waals surface area contributed by atoms with E-state index in [9.17, 15) is 9.59 Å². The van der Waals surface area contributed by atoms with Crippen LogP contribution in [-0.4, -0.2) is 21.6 Å². The zero-order valence-electron chi connectivity index (χ0n) is 10.8. The summed E-state index contributed by atoms with van der Waals surface area (Å²) in [7, 11) is 1.78. The first-order valence-corrected chi connectivity index (χ1v) is 6.69. The molecule has 0 bridgehead atoms. The van der Waals surface area contributed by atoms with Gasteiger partial charge in [-0.15, -0.1) is 0 Å².